The van der Waals surface area contributed by atoms with Gasteiger partial charge in [0.1, 0.15) is 0 Å². The van der Waals surface area contributed by atoms with E-state index in [1.807, 2.05) is 36.4 Å². The normalized spacial score (nSPS) is 10.4. The van der Waals surface area contributed by atoms with Gasteiger partial charge in [0.25, 0.3) is 0 Å². The van der Waals surface area contributed by atoms with Crippen LogP contribution in [-0.4, -0.2) is 27.1 Å². The average molecular weight is 295 g/mol. The van der Waals surface area contributed by atoms with E-state index < -0.39 is 11.9 Å². The van der Waals surface area contributed by atoms with Crippen LogP contribution in [0.5, 0.6) is 0 Å². The van der Waals surface area contributed by atoms with Gasteiger partial charge in [0.2, 0.25) is 0 Å². The fourth-order valence-corrected chi connectivity index (χ4v) is 1.86. The summed E-state index contributed by atoms with van der Waals surface area (Å²) in [6.45, 7) is 0. The summed E-state index contributed by atoms with van der Waals surface area (Å²) in [5.41, 5.74) is 2.12. The third-order valence-electron chi connectivity index (χ3n) is 2.79. The van der Waals surface area contributed by atoms with Crippen LogP contribution >= 0.6 is 0 Å². The van der Waals surface area contributed by atoms with Crippen molar-refractivity contribution in [3.05, 3.63) is 66.7 Å². The van der Waals surface area contributed by atoms with Crippen molar-refractivity contribution >= 4 is 33.7 Å². The van der Waals surface area contributed by atoms with Crippen molar-refractivity contribution in [2.45, 2.75) is 0 Å². The monoisotopic (exact) mass is 295 g/mol. The molecule has 2 aromatic carbocycles. The van der Waals surface area contributed by atoms with Crippen LogP contribution < -0.4 is 0 Å². The summed E-state index contributed by atoms with van der Waals surface area (Å²) >= 11 is 0. The number of hydrogen-bond donors (Lipinski definition) is 2. The van der Waals surface area contributed by atoms with E-state index in [0.717, 1.165) is 11.0 Å². The van der Waals surface area contributed by atoms with Crippen LogP contribution in [-0.2, 0) is 9.59 Å². The summed E-state index contributed by atoms with van der Waals surface area (Å²) < 4.78 is 0. The number of fused-ring (bicyclic) bond motifs is 2. The molecule has 3 rings (SSSR count). The lowest BCUT2D eigenvalue weighted by atomic mass is 10.1. The largest absolute Gasteiger partial charge is 0.478 e. The Morgan fingerprint density at radius 1 is 0.773 bits per heavy atom. The number of para-hydroxylation sites is 2. The maximum absolute atomic E-state index is 9.55. The first-order valence-corrected chi connectivity index (χ1v) is 6.45. The molecule has 0 radical (unpaired) electrons. The van der Waals surface area contributed by atoms with Gasteiger partial charge in [0.05, 0.1) is 11.0 Å². The summed E-state index contributed by atoms with van der Waals surface area (Å²) in [6.07, 6.45) is 1.12. The van der Waals surface area contributed by atoms with Crippen molar-refractivity contribution in [2.75, 3.05) is 0 Å². The molecule has 2 N–H and O–H groups in total. The summed E-state index contributed by atoms with van der Waals surface area (Å²) in [5, 5.41) is 18.0. The molecule has 0 bridgehead atoms. The number of carboxylic acids is 2. The molecule has 0 atom stereocenters. The second-order valence-electron chi connectivity index (χ2n) is 4.38. The van der Waals surface area contributed by atoms with Crippen LogP contribution in [0.2, 0.25) is 0 Å². The molecule has 3 aromatic rings. The Morgan fingerprint density at radius 2 is 1.18 bits per heavy atom. The van der Waals surface area contributed by atoms with Crippen LogP contribution in [0.4, 0.5) is 0 Å². The van der Waals surface area contributed by atoms with Gasteiger partial charge in [-0.1, -0.05) is 36.4 Å². The van der Waals surface area contributed by atoms with E-state index in [-0.39, 0.29) is 0 Å². The molecule has 0 aliphatic carbocycles. The number of hydrogen-bond acceptors (Lipinski definition) is 3. The third kappa shape index (κ3) is 4.14. The smallest absolute Gasteiger partial charge is 0.328 e. The highest BCUT2D eigenvalue weighted by Crippen LogP contribution is 2.18. The molecule has 1 aromatic heterocycles. The van der Waals surface area contributed by atoms with E-state index in [1.54, 1.807) is 0 Å². The Labute approximate surface area is 126 Å². The van der Waals surface area contributed by atoms with Gasteiger partial charge in [-0.05, 0) is 18.2 Å². The van der Waals surface area contributed by atoms with Crippen LogP contribution in [0, 0.1) is 0 Å². The second kappa shape index (κ2) is 6.99. The van der Waals surface area contributed by atoms with E-state index in [0.29, 0.717) is 12.2 Å². The van der Waals surface area contributed by atoms with E-state index >= 15 is 0 Å². The zero-order valence-corrected chi connectivity index (χ0v) is 11.5. The SMILES string of the molecule is O=C(O)/C=C\C(=O)O.c1ccc2nc3ccccc3cc2c1. The summed E-state index contributed by atoms with van der Waals surface area (Å²) in [5.74, 6) is -2.51. The van der Waals surface area contributed by atoms with Crippen LogP contribution in [0.15, 0.2) is 66.7 Å². The first-order valence-electron chi connectivity index (χ1n) is 6.45. The van der Waals surface area contributed by atoms with Gasteiger partial charge >= 0.3 is 11.9 Å². The molecule has 0 aliphatic heterocycles. The standard InChI is InChI=1S/C13H9N.C4H4O4/c1-3-7-12-10(5-1)9-11-6-2-4-8-13(11)14-12;5-3(6)1-2-4(7)8/h1-9H;1-2H,(H,5,6)(H,7,8)/b;2-1-. The lowest BCUT2D eigenvalue weighted by Gasteiger charge is -1.99. The second-order valence-corrected chi connectivity index (χ2v) is 4.38. The highest BCUT2D eigenvalue weighted by molar-refractivity contribution is 5.92. The van der Waals surface area contributed by atoms with E-state index in [4.69, 9.17) is 10.2 Å². The van der Waals surface area contributed by atoms with Crippen molar-refractivity contribution in [2.24, 2.45) is 0 Å². The number of nitrogens with zero attached hydrogens (tertiary/aromatic N) is 1. The first-order chi connectivity index (χ1) is 10.6. The number of carboxylic acid groups (broad SMARTS) is 2. The molecule has 0 fully saturated rings. The first kappa shape index (κ1) is 15.2. The van der Waals surface area contributed by atoms with Crippen molar-refractivity contribution in [3.8, 4) is 0 Å². The van der Waals surface area contributed by atoms with E-state index in [2.05, 4.69) is 23.2 Å². The topological polar surface area (TPSA) is 87.5 Å². The molecule has 1 heterocycles. The van der Waals surface area contributed by atoms with Crippen LogP contribution in [0.1, 0.15) is 0 Å². The Hall–Kier alpha value is -3.21. The van der Waals surface area contributed by atoms with Crippen molar-refractivity contribution in [1.29, 1.82) is 0 Å². The van der Waals surface area contributed by atoms with Crippen LogP contribution in [0.3, 0.4) is 0 Å². The molecule has 0 saturated heterocycles. The maximum atomic E-state index is 9.55. The quantitative estimate of drug-likeness (QED) is 0.560. The van der Waals surface area contributed by atoms with Crippen molar-refractivity contribution in [1.82, 2.24) is 4.98 Å². The van der Waals surface area contributed by atoms with Crippen LogP contribution in [0.25, 0.3) is 21.8 Å². The van der Waals surface area contributed by atoms with Gasteiger partial charge < -0.3 is 10.2 Å². The van der Waals surface area contributed by atoms with Gasteiger partial charge in [-0.2, -0.15) is 0 Å². The minimum Gasteiger partial charge on any atom is -0.478 e. The Balaban J connectivity index is 0.000000192. The molecule has 0 spiro atoms. The predicted octanol–water partition coefficient (Wildman–Crippen LogP) is 3.10. The predicted molar refractivity (Wildman–Crippen MR) is 83.7 cm³/mol. The number of pyridine rings is 1. The zero-order chi connectivity index (χ0) is 15.9. The third-order valence-corrected chi connectivity index (χ3v) is 2.79. The Morgan fingerprint density at radius 3 is 1.59 bits per heavy atom. The minimum absolute atomic E-state index is 0.558. The fraction of sp³-hybridized carbons (Fsp3) is 0. The van der Waals surface area contributed by atoms with Gasteiger partial charge in [-0.15, -0.1) is 0 Å². The fourth-order valence-electron chi connectivity index (χ4n) is 1.86. The molecule has 22 heavy (non-hydrogen) atoms. The number of carbonyl (C=O) groups is 2. The molecular formula is C17H13NO4. The number of aromatic nitrogens is 1. The van der Waals surface area contributed by atoms with Gasteiger partial charge in [0, 0.05) is 22.9 Å². The molecule has 0 saturated carbocycles. The summed E-state index contributed by atoms with van der Waals surface area (Å²) in [7, 11) is 0. The van der Waals surface area contributed by atoms with Crippen molar-refractivity contribution < 1.29 is 19.8 Å². The molecule has 110 valence electrons. The van der Waals surface area contributed by atoms with E-state index in [9.17, 15) is 9.59 Å². The lowest BCUT2D eigenvalue weighted by molar-refractivity contribution is -0.134. The average Bonchev–Trinajstić information content (AvgIpc) is 2.51. The van der Waals surface area contributed by atoms with Gasteiger partial charge in [-0.25, -0.2) is 14.6 Å². The molecule has 0 aliphatic rings. The molecule has 5 heteroatoms. The Kier molecular flexibility index (Phi) is 4.82. The highest BCUT2D eigenvalue weighted by Gasteiger charge is 1.96. The van der Waals surface area contributed by atoms with Gasteiger partial charge in [-0.3, -0.25) is 0 Å². The summed E-state index contributed by atoms with van der Waals surface area (Å²) in [4.78, 5) is 23.7. The molecule has 5 nitrogen and oxygen atoms in total. The summed E-state index contributed by atoms with van der Waals surface area (Å²) in [6, 6.07) is 18.6. The molecule has 0 amide bonds. The Bertz CT molecular complexity index is 734. The lowest BCUT2D eigenvalue weighted by Crippen LogP contribution is -1.91. The number of rotatable bonds is 2. The zero-order valence-electron chi connectivity index (χ0n) is 11.5. The molecule has 0 unspecified atom stereocenters. The maximum Gasteiger partial charge on any atom is 0.328 e. The van der Waals surface area contributed by atoms with Gasteiger partial charge in [0.15, 0.2) is 0 Å². The van der Waals surface area contributed by atoms with Crippen molar-refractivity contribution in [3.63, 3.8) is 0 Å². The minimum atomic E-state index is -1.26. The molecular weight excluding hydrogens is 282 g/mol. The van der Waals surface area contributed by atoms with E-state index in [1.165, 1.54) is 10.8 Å². The highest BCUT2D eigenvalue weighted by atomic mass is 16.4. The number of benzene rings is 2. The number of aliphatic carboxylic acids is 2.